The van der Waals surface area contributed by atoms with Crippen molar-refractivity contribution in [1.29, 1.82) is 0 Å². The maximum atomic E-state index is 12.2. The second-order valence-electron chi connectivity index (χ2n) is 5.34. The summed E-state index contributed by atoms with van der Waals surface area (Å²) in [5.41, 5.74) is 7.58. The summed E-state index contributed by atoms with van der Waals surface area (Å²) < 4.78 is 0. The van der Waals surface area contributed by atoms with Gasteiger partial charge in [0.1, 0.15) is 0 Å². The standard InChI is InChI=1S/C15H23N3O2/c1-11(16)12-5-7-13(8-6-12)17-15(20)18(9-10-19)14-3-2-4-14/h5-8,11,14,19H,2-4,9-10,16H2,1H3,(H,17,20). The summed E-state index contributed by atoms with van der Waals surface area (Å²) in [4.78, 5) is 14.0. The summed E-state index contributed by atoms with van der Waals surface area (Å²) in [6.45, 7) is 2.30. The van der Waals surface area contributed by atoms with Gasteiger partial charge in [-0.25, -0.2) is 4.79 Å². The molecule has 0 aromatic heterocycles. The largest absolute Gasteiger partial charge is 0.395 e. The number of hydrogen-bond donors (Lipinski definition) is 3. The maximum absolute atomic E-state index is 12.2. The lowest BCUT2D eigenvalue weighted by atomic mass is 9.92. The van der Waals surface area contributed by atoms with Gasteiger partial charge in [-0.05, 0) is 43.9 Å². The van der Waals surface area contributed by atoms with Crippen LogP contribution in [0.15, 0.2) is 24.3 Å². The fraction of sp³-hybridized carbons (Fsp3) is 0.533. The first kappa shape index (κ1) is 14.8. The smallest absolute Gasteiger partial charge is 0.322 e. The number of hydrogen-bond acceptors (Lipinski definition) is 3. The van der Waals surface area contributed by atoms with E-state index in [0.29, 0.717) is 6.54 Å². The highest BCUT2D eigenvalue weighted by molar-refractivity contribution is 5.89. The predicted octanol–water partition coefficient (Wildman–Crippen LogP) is 2.08. The van der Waals surface area contributed by atoms with Crippen molar-refractivity contribution in [2.45, 2.75) is 38.3 Å². The van der Waals surface area contributed by atoms with Crippen LogP contribution < -0.4 is 11.1 Å². The van der Waals surface area contributed by atoms with Gasteiger partial charge in [0, 0.05) is 24.3 Å². The van der Waals surface area contributed by atoms with Crippen LogP contribution in [0.5, 0.6) is 0 Å². The molecule has 1 unspecified atom stereocenters. The Kier molecular flexibility index (Phi) is 4.98. The molecule has 1 aliphatic rings. The number of nitrogens with two attached hydrogens (primary N) is 1. The summed E-state index contributed by atoms with van der Waals surface area (Å²) in [6, 6.07) is 7.66. The first-order chi connectivity index (χ1) is 9.61. The zero-order valence-corrected chi connectivity index (χ0v) is 11.9. The van der Waals surface area contributed by atoms with Gasteiger partial charge in [0.25, 0.3) is 0 Å². The van der Waals surface area contributed by atoms with Crippen LogP contribution in [0.3, 0.4) is 0 Å². The molecule has 1 atom stereocenters. The Balaban J connectivity index is 1.98. The summed E-state index contributed by atoms with van der Waals surface area (Å²) in [7, 11) is 0. The third-order valence-electron chi connectivity index (χ3n) is 3.80. The highest BCUT2D eigenvalue weighted by atomic mass is 16.3. The summed E-state index contributed by atoms with van der Waals surface area (Å²) in [5.74, 6) is 0. The average molecular weight is 277 g/mol. The molecule has 1 fully saturated rings. The zero-order valence-electron chi connectivity index (χ0n) is 11.9. The molecule has 1 aromatic rings. The number of amides is 2. The van der Waals surface area contributed by atoms with E-state index in [0.717, 1.165) is 30.5 Å². The zero-order chi connectivity index (χ0) is 14.5. The van der Waals surface area contributed by atoms with Crippen molar-refractivity contribution in [2.24, 2.45) is 5.73 Å². The second-order valence-corrected chi connectivity index (χ2v) is 5.34. The van der Waals surface area contributed by atoms with Gasteiger partial charge in [-0.1, -0.05) is 12.1 Å². The van der Waals surface area contributed by atoms with Crippen molar-refractivity contribution in [3.63, 3.8) is 0 Å². The molecule has 0 aliphatic heterocycles. The van der Waals surface area contributed by atoms with Crippen LogP contribution in [0.2, 0.25) is 0 Å². The third-order valence-corrected chi connectivity index (χ3v) is 3.80. The number of benzene rings is 1. The van der Waals surface area contributed by atoms with Crippen LogP contribution in [0.25, 0.3) is 0 Å². The average Bonchev–Trinajstić information content (AvgIpc) is 2.36. The normalized spacial score (nSPS) is 16.4. The highest BCUT2D eigenvalue weighted by Crippen LogP contribution is 2.25. The van der Waals surface area contributed by atoms with Gasteiger partial charge in [0.2, 0.25) is 0 Å². The first-order valence-corrected chi connectivity index (χ1v) is 7.16. The van der Waals surface area contributed by atoms with E-state index in [1.54, 1.807) is 4.90 Å². The second kappa shape index (κ2) is 6.72. The van der Waals surface area contributed by atoms with Gasteiger partial charge >= 0.3 is 6.03 Å². The molecule has 0 bridgehead atoms. The number of carbonyl (C=O) groups is 1. The van der Waals surface area contributed by atoms with E-state index in [9.17, 15) is 4.79 Å². The Morgan fingerprint density at radius 3 is 2.55 bits per heavy atom. The number of aliphatic hydroxyl groups is 1. The number of anilines is 1. The molecule has 0 spiro atoms. The van der Waals surface area contributed by atoms with Crippen LogP contribution in [0.4, 0.5) is 10.5 Å². The molecule has 5 nitrogen and oxygen atoms in total. The molecule has 2 amide bonds. The van der Waals surface area contributed by atoms with Crippen LogP contribution >= 0.6 is 0 Å². The molecular weight excluding hydrogens is 254 g/mol. The molecule has 0 heterocycles. The van der Waals surface area contributed by atoms with Crippen molar-refractivity contribution in [2.75, 3.05) is 18.5 Å². The Bertz CT molecular complexity index is 441. The number of nitrogens with zero attached hydrogens (tertiary/aromatic N) is 1. The monoisotopic (exact) mass is 277 g/mol. The minimum Gasteiger partial charge on any atom is -0.395 e. The first-order valence-electron chi connectivity index (χ1n) is 7.16. The lowest BCUT2D eigenvalue weighted by Crippen LogP contribution is -2.47. The topological polar surface area (TPSA) is 78.6 Å². The number of urea groups is 1. The summed E-state index contributed by atoms with van der Waals surface area (Å²) in [6.07, 6.45) is 3.21. The molecule has 5 heteroatoms. The fourth-order valence-electron chi connectivity index (χ4n) is 2.32. The molecule has 110 valence electrons. The van der Waals surface area contributed by atoms with E-state index in [1.807, 2.05) is 31.2 Å². The minimum absolute atomic E-state index is 0.00640. The Morgan fingerprint density at radius 1 is 1.45 bits per heavy atom. The van der Waals surface area contributed by atoms with E-state index in [4.69, 9.17) is 10.8 Å². The van der Waals surface area contributed by atoms with Gasteiger partial charge < -0.3 is 21.1 Å². The van der Waals surface area contributed by atoms with E-state index in [1.165, 1.54) is 0 Å². The molecule has 20 heavy (non-hydrogen) atoms. The van der Waals surface area contributed by atoms with Crippen molar-refractivity contribution in [1.82, 2.24) is 4.90 Å². The summed E-state index contributed by atoms with van der Waals surface area (Å²) >= 11 is 0. The molecule has 2 rings (SSSR count). The lowest BCUT2D eigenvalue weighted by Gasteiger charge is -2.37. The Labute approximate surface area is 119 Å². The Hall–Kier alpha value is -1.59. The molecule has 1 aromatic carbocycles. The molecule has 1 saturated carbocycles. The van der Waals surface area contributed by atoms with Gasteiger partial charge in [0.05, 0.1) is 6.61 Å². The van der Waals surface area contributed by atoms with Crippen molar-refractivity contribution in [3.05, 3.63) is 29.8 Å². The molecule has 0 radical (unpaired) electrons. The number of nitrogens with one attached hydrogen (secondary N) is 1. The number of rotatable bonds is 5. The molecule has 0 saturated heterocycles. The summed E-state index contributed by atoms with van der Waals surface area (Å²) in [5, 5.41) is 12.0. The van der Waals surface area contributed by atoms with Gasteiger partial charge in [-0.2, -0.15) is 0 Å². The van der Waals surface area contributed by atoms with Crippen LogP contribution in [-0.2, 0) is 0 Å². The van der Waals surface area contributed by atoms with E-state index >= 15 is 0 Å². The lowest BCUT2D eigenvalue weighted by molar-refractivity contribution is 0.127. The molecule has 4 N–H and O–H groups in total. The quantitative estimate of drug-likeness (QED) is 0.771. The van der Waals surface area contributed by atoms with Crippen LogP contribution in [-0.4, -0.2) is 35.2 Å². The minimum atomic E-state index is -0.141. The van der Waals surface area contributed by atoms with Gasteiger partial charge in [-0.3, -0.25) is 0 Å². The predicted molar refractivity (Wildman–Crippen MR) is 79.5 cm³/mol. The van der Waals surface area contributed by atoms with Crippen LogP contribution in [0.1, 0.15) is 37.8 Å². The van der Waals surface area contributed by atoms with Gasteiger partial charge in [-0.15, -0.1) is 0 Å². The van der Waals surface area contributed by atoms with Gasteiger partial charge in [0.15, 0.2) is 0 Å². The fourth-order valence-corrected chi connectivity index (χ4v) is 2.32. The molecule has 1 aliphatic carbocycles. The Morgan fingerprint density at radius 2 is 2.10 bits per heavy atom. The maximum Gasteiger partial charge on any atom is 0.322 e. The van der Waals surface area contributed by atoms with E-state index in [2.05, 4.69) is 5.32 Å². The van der Waals surface area contributed by atoms with E-state index < -0.39 is 0 Å². The van der Waals surface area contributed by atoms with E-state index in [-0.39, 0.29) is 24.7 Å². The number of carbonyl (C=O) groups excluding carboxylic acids is 1. The van der Waals surface area contributed by atoms with Crippen molar-refractivity contribution >= 4 is 11.7 Å². The molecular formula is C15H23N3O2. The number of aliphatic hydroxyl groups excluding tert-OH is 1. The highest BCUT2D eigenvalue weighted by Gasteiger charge is 2.28. The van der Waals surface area contributed by atoms with Crippen LogP contribution in [0, 0.1) is 0 Å². The van der Waals surface area contributed by atoms with Crippen molar-refractivity contribution < 1.29 is 9.90 Å². The third kappa shape index (κ3) is 3.49. The SMILES string of the molecule is CC(N)c1ccc(NC(=O)N(CCO)C2CCC2)cc1. The van der Waals surface area contributed by atoms with Crippen molar-refractivity contribution in [3.8, 4) is 0 Å².